The van der Waals surface area contributed by atoms with Gasteiger partial charge in [0.05, 0.1) is 6.61 Å². The van der Waals surface area contributed by atoms with Crippen molar-refractivity contribution in [2.75, 3.05) is 29.1 Å². The van der Waals surface area contributed by atoms with Crippen molar-refractivity contribution in [1.82, 2.24) is 4.98 Å². The summed E-state index contributed by atoms with van der Waals surface area (Å²) in [6.07, 6.45) is -6.64. The molecule has 0 spiro atoms. The highest BCUT2D eigenvalue weighted by atomic mass is 19.4. The maximum atomic E-state index is 12.9. The number of hydrogen-bond acceptors (Lipinski definition) is 6. The lowest BCUT2D eigenvalue weighted by Crippen LogP contribution is -2.55. The van der Waals surface area contributed by atoms with Gasteiger partial charge in [-0.15, -0.1) is 13.2 Å². The molecule has 2 amide bonds. The van der Waals surface area contributed by atoms with E-state index in [-0.39, 0.29) is 18.8 Å². The Balaban J connectivity index is 1.47. The molecule has 2 atom stereocenters. The summed E-state index contributed by atoms with van der Waals surface area (Å²) in [5, 5.41) is 14.5. The number of morpholine rings is 1. The third kappa shape index (κ3) is 4.86. The third-order valence-corrected chi connectivity index (χ3v) is 5.03. The Kier molecular flexibility index (Phi) is 5.87. The topological polar surface area (TPSA) is 130 Å². The number of nitrogens with one attached hydrogen (secondary N) is 2. The molecule has 4 rings (SSSR count). The van der Waals surface area contributed by atoms with Crippen LogP contribution in [0.15, 0.2) is 48.7 Å². The van der Waals surface area contributed by atoms with Crippen LogP contribution in [0.1, 0.15) is 0 Å². The summed E-state index contributed by atoms with van der Waals surface area (Å²) in [7, 11) is 0. The fraction of sp³-hybridized carbons (Fsp3) is 0.238. The monoisotopic (exact) mass is 464 g/mol. The summed E-state index contributed by atoms with van der Waals surface area (Å²) in [5.74, 6) is -1.70. The van der Waals surface area contributed by atoms with Gasteiger partial charge < -0.3 is 35.5 Å². The van der Waals surface area contributed by atoms with Crippen LogP contribution >= 0.6 is 0 Å². The van der Waals surface area contributed by atoms with Crippen molar-refractivity contribution in [3.8, 4) is 5.75 Å². The first-order valence-electron chi connectivity index (χ1n) is 9.77. The number of aromatic amines is 1. The van der Waals surface area contributed by atoms with Gasteiger partial charge in [-0.2, -0.15) is 0 Å². The number of amides is 2. The second-order valence-electron chi connectivity index (χ2n) is 7.26. The van der Waals surface area contributed by atoms with Crippen molar-refractivity contribution >= 4 is 39.8 Å². The lowest BCUT2D eigenvalue weighted by atomic mass is 10.1. The van der Waals surface area contributed by atoms with Crippen LogP contribution in [0.2, 0.25) is 0 Å². The number of fused-ring (bicyclic) bond motifs is 1. The normalized spacial score (nSPS) is 17.8. The van der Waals surface area contributed by atoms with Crippen molar-refractivity contribution in [2.45, 2.75) is 18.6 Å². The fourth-order valence-electron chi connectivity index (χ4n) is 3.53. The molecule has 2 aromatic carbocycles. The van der Waals surface area contributed by atoms with E-state index < -0.39 is 36.1 Å². The number of halogens is 3. The molecule has 0 bridgehead atoms. The molecular weight excluding hydrogens is 445 g/mol. The van der Waals surface area contributed by atoms with E-state index >= 15 is 0 Å². The van der Waals surface area contributed by atoms with E-state index in [1.165, 1.54) is 12.1 Å². The third-order valence-electron chi connectivity index (χ3n) is 5.03. The van der Waals surface area contributed by atoms with E-state index in [0.717, 1.165) is 27.8 Å². The first-order chi connectivity index (χ1) is 15.6. The van der Waals surface area contributed by atoms with E-state index in [1.807, 2.05) is 0 Å². The average Bonchev–Trinajstić information content (AvgIpc) is 3.12. The number of hydrogen-bond donors (Lipinski definition) is 4. The molecule has 1 aromatic heterocycles. The maximum absolute atomic E-state index is 12.9. The number of alkyl halides is 3. The minimum absolute atomic E-state index is 0.0186. The molecule has 12 heteroatoms. The zero-order valence-electron chi connectivity index (χ0n) is 16.9. The minimum atomic E-state index is -4.89. The summed E-state index contributed by atoms with van der Waals surface area (Å²) in [5.41, 5.74) is 6.26. The van der Waals surface area contributed by atoms with Gasteiger partial charge in [-0.1, -0.05) is 6.07 Å². The maximum Gasteiger partial charge on any atom is 0.573 e. The largest absolute Gasteiger partial charge is 0.573 e. The van der Waals surface area contributed by atoms with Gasteiger partial charge in [-0.3, -0.25) is 9.59 Å². The van der Waals surface area contributed by atoms with Crippen molar-refractivity contribution in [1.29, 1.82) is 0 Å². The Labute approximate surface area is 184 Å². The number of aliphatic hydroxyl groups is 1. The lowest BCUT2D eigenvalue weighted by molar-refractivity contribution is -0.274. The molecule has 1 fully saturated rings. The van der Waals surface area contributed by atoms with Crippen LogP contribution in [0.5, 0.6) is 5.75 Å². The first-order valence-corrected chi connectivity index (χ1v) is 9.77. The Morgan fingerprint density at radius 2 is 2.09 bits per heavy atom. The minimum Gasteiger partial charge on any atom is -0.406 e. The zero-order chi connectivity index (χ0) is 23.8. The highest BCUT2D eigenvalue weighted by Gasteiger charge is 2.39. The zero-order valence-corrected chi connectivity index (χ0v) is 16.9. The van der Waals surface area contributed by atoms with Gasteiger partial charge in [-0.05, 0) is 30.3 Å². The summed E-state index contributed by atoms with van der Waals surface area (Å²) in [6, 6.07) is 9.74. The van der Waals surface area contributed by atoms with Gasteiger partial charge in [0.15, 0.2) is 12.2 Å². The van der Waals surface area contributed by atoms with Gasteiger partial charge in [0.2, 0.25) is 0 Å². The number of nitrogens with zero attached hydrogens (tertiary/aromatic N) is 1. The van der Waals surface area contributed by atoms with Gasteiger partial charge >= 0.3 is 6.36 Å². The number of aromatic nitrogens is 1. The van der Waals surface area contributed by atoms with Crippen LogP contribution in [-0.4, -0.2) is 53.6 Å². The number of nitrogen functional groups attached to an aromatic ring is 1. The number of anilines is 3. The van der Waals surface area contributed by atoms with E-state index in [4.69, 9.17) is 10.5 Å². The molecule has 1 aliphatic rings. The van der Waals surface area contributed by atoms with Gasteiger partial charge in [0, 0.05) is 41.0 Å². The Bertz CT molecular complexity index is 1200. The van der Waals surface area contributed by atoms with Crippen LogP contribution in [0.25, 0.3) is 10.8 Å². The highest BCUT2D eigenvalue weighted by Crippen LogP contribution is 2.29. The van der Waals surface area contributed by atoms with E-state index in [9.17, 15) is 27.9 Å². The van der Waals surface area contributed by atoms with Gasteiger partial charge in [0.25, 0.3) is 11.8 Å². The second kappa shape index (κ2) is 8.64. The summed E-state index contributed by atoms with van der Waals surface area (Å²) in [4.78, 5) is 29.4. The van der Waals surface area contributed by atoms with Crippen LogP contribution in [0.3, 0.4) is 0 Å². The number of ether oxygens (including phenoxy) is 2. The number of rotatable bonds is 5. The molecule has 174 valence electrons. The summed E-state index contributed by atoms with van der Waals surface area (Å²) >= 11 is 0. The molecule has 0 saturated carbocycles. The molecule has 1 aliphatic heterocycles. The Hall–Kier alpha value is -3.77. The Morgan fingerprint density at radius 3 is 2.85 bits per heavy atom. The number of benzene rings is 2. The van der Waals surface area contributed by atoms with Gasteiger partial charge in [0.1, 0.15) is 11.6 Å². The summed E-state index contributed by atoms with van der Waals surface area (Å²) < 4.78 is 46.7. The molecule has 5 N–H and O–H groups in total. The Morgan fingerprint density at radius 1 is 1.30 bits per heavy atom. The van der Waals surface area contributed by atoms with Crippen LogP contribution < -0.4 is 20.7 Å². The SMILES string of the molecule is Nc1[nH]cc2cc(NC(=O)[C@H](O)[C@H]3OCCN(c4cccc(OC(F)(F)F)c4)C3=O)ccc12. The van der Waals surface area contributed by atoms with Crippen molar-refractivity contribution < 1.29 is 37.3 Å². The van der Waals surface area contributed by atoms with Crippen molar-refractivity contribution in [3.05, 3.63) is 48.7 Å². The number of carbonyl (C=O) groups excluding carboxylic acids is 2. The van der Waals surface area contributed by atoms with Crippen LogP contribution in [0, 0.1) is 0 Å². The number of carbonyl (C=O) groups is 2. The molecule has 33 heavy (non-hydrogen) atoms. The van der Waals surface area contributed by atoms with Crippen molar-refractivity contribution in [3.63, 3.8) is 0 Å². The van der Waals surface area contributed by atoms with Crippen molar-refractivity contribution in [2.24, 2.45) is 0 Å². The van der Waals surface area contributed by atoms with Crippen LogP contribution in [0.4, 0.5) is 30.4 Å². The molecule has 0 radical (unpaired) electrons. The number of aliphatic hydroxyl groups excluding tert-OH is 1. The average molecular weight is 464 g/mol. The fourth-order valence-corrected chi connectivity index (χ4v) is 3.53. The van der Waals surface area contributed by atoms with E-state index in [0.29, 0.717) is 11.5 Å². The second-order valence-corrected chi connectivity index (χ2v) is 7.26. The smallest absolute Gasteiger partial charge is 0.406 e. The predicted molar refractivity (Wildman–Crippen MR) is 113 cm³/mol. The van der Waals surface area contributed by atoms with E-state index in [1.54, 1.807) is 24.4 Å². The quantitative estimate of drug-likeness (QED) is 0.459. The molecule has 0 aliphatic carbocycles. The molecule has 9 nitrogen and oxygen atoms in total. The lowest BCUT2D eigenvalue weighted by Gasteiger charge is -2.34. The molecule has 1 saturated heterocycles. The number of H-pyrrole nitrogens is 1. The molecular formula is C21H19F3N4O5. The summed E-state index contributed by atoms with van der Waals surface area (Å²) in [6.45, 7) is -0.0234. The van der Waals surface area contributed by atoms with E-state index in [2.05, 4.69) is 15.0 Å². The molecule has 3 aromatic rings. The van der Waals surface area contributed by atoms with Gasteiger partial charge in [-0.25, -0.2) is 0 Å². The molecule has 2 heterocycles. The number of nitrogens with two attached hydrogens (primary N) is 1. The molecule has 0 unspecified atom stereocenters. The highest BCUT2D eigenvalue weighted by molar-refractivity contribution is 6.04. The van der Waals surface area contributed by atoms with Crippen LogP contribution in [-0.2, 0) is 14.3 Å². The first kappa shape index (κ1) is 22.4. The predicted octanol–water partition coefficient (Wildman–Crippen LogP) is 2.38. The standard InChI is InChI=1S/C21H19F3N4O5/c22-21(23,24)33-14-3-1-2-13(9-14)28-6-7-32-17(20(28)31)16(29)19(30)27-12-4-5-15-11(8-12)10-26-18(15)25/h1-5,8-10,16-17,26,29H,6-7,25H2,(H,27,30)/t16-,17-/m1/s1.